The normalized spacial score (nSPS) is 11.1. The molecule has 0 fully saturated rings. The lowest BCUT2D eigenvalue weighted by molar-refractivity contribution is 0.105. The first kappa shape index (κ1) is 23.6. The summed E-state index contributed by atoms with van der Waals surface area (Å²) in [5.41, 5.74) is 1.82. The Morgan fingerprint density at radius 1 is 0.759 bits per heavy atom. The molecule has 156 valence electrons. The summed E-state index contributed by atoms with van der Waals surface area (Å²) in [5.74, 6) is 2.12. The molecule has 0 N–H and O–H groups in total. The maximum absolute atomic E-state index is 13.6. The van der Waals surface area contributed by atoms with Crippen molar-refractivity contribution < 1.29 is 23.7 Å². The second-order valence-corrected chi connectivity index (χ2v) is 8.53. The van der Waals surface area contributed by atoms with Gasteiger partial charge in [-0.3, -0.25) is 4.79 Å². The first-order valence-electron chi connectivity index (χ1n) is 8.53. The van der Waals surface area contributed by atoms with Gasteiger partial charge in [0.15, 0.2) is 28.8 Å². The van der Waals surface area contributed by atoms with E-state index in [1.165, 1.54) is 0 Å². The van der Waals surface area contributed by atoms with Gasteiger partial charge in [-0.15, -0.1) is 0 Å². The number of ether oxygens (including phenoxy) is 4. The van der Waals surface area contributed by atoms with E-state index in [-0.39, 0.29) is 5.78 Å². The SMILES string of the molecule is COc1cc(I)c(C(=O)/C(=C/N(C)C)c2cc(OC)c(OC)cc2I)cc1OC. The molecule has 8 heteroatoms. The minimum atomic E-state index is -0.130. The zero-order valence-corrected chi connectivity index (χ0v) is 21.4. The van der Waals surface area contributed by atoms with Crippen molar-refractivity contribution in [2.75, 3.05) is 42.5 Å². The molecule has 0 unspecified atom stereocenters. The van der Waals surface area contributed by atoms with Gasteiger partial charge in [0.1, 0.15) is 0 Å². The van der Waals surface area contributed by atoms with Crippen LogP contribution in [0.4, 0.5) is 0 Å². The Kier molecular flexibility index (Phi) is 8.44. The number of benzene rings is 2. The van der Waals surface area contributed by atoms with E-state index >= 15 is 0 Å². The Balaban J connectivity index is 2.68. The van der Waals surface area contributed by atoms with Crippen molar-refractivity contribution in [3.8, 4) is 23.0 Å². The Morgan fingerprint density at radius 2 is 1.14 bits per heavy atom. The van der Waals surface area contributed by atoms with Crippen LogP contribution >= 0.6 is 45.2 Å². The molecule has 2 aromatic carbocycles. The standard InChI is InChI=1S/C21H23I2NO5/c1-24(2)11-14(12-7-17(26-3)19(28-5)9-15(12)22)21(25)13-8-18(27-4)20(29-6)10-16(13)23/h7-11H,1-6H3/b14-11+. The van der Waals surface area contributed by atoms with E-state index in [1.807, 2.05) is 31.1 Å². The third-order valence-electron chi connectivity index (χ3n) is 4.11. The number of carbonyl (C=O) groups excluding carboxylic acids is 1. The topological polar surface area (TPSA) is 57.2 Å². The lowest BCUT2D eigenvalue weighted by Crippen LogP contribution is -2.12. The second kappa shape index (κ2) is 10.4. The number of carbonyl (C=O) groups is 1. The van der Waals surface area contributed by atoms with Crippen molar-refractivity contribution in [3.05, 3.63) is 48.7 Å². The number of rotatable bonds is 8. The number of allylic oxidation sites excluding steroid dienone is 1. The maximum atomic E-state index is 13.6. The average Bonchev–Trinajstić information content (AvgIpc) is 2.70. The van der Waals surface area contributed by atoms with Crippen molar-refractivity contribution in [2.24, 2.45) is 0 Å². The molecule has 0 amide bonds. The summed E-state index contributed by atoms with van der Waals surface area (Å²) in [7, 11) is 10.0. The minimum absolute atomic E-state index is 0.130. The van der Waals surface area contributed by atoms with Crippen LogP contribution in [0.15, 0.2) is 30.5 Å². The molecule has 0 aliphatic carbocycles. The number of ketones is 1. The van der Waals surface area contributed by atoms with E-state index in [0.717, 1.165) is 12.7 Å². The van der Waals surface area contributed by atoms with Gasteiger partial charge in [-0.2, -0.15) is 0 Å². The number of hydrogen-bond donors (Lipinski definition) is 0. The lowest BCUT2D eigenvalue weighted by Gasteiger charge is -2.17. The molecule has 0 saturated heterocycles. The number of methoxy groups -OCH3 is 4. The predicted octanol–water partition coefficient (Wildman–Crippen LogP) is 4.72. The molecule has 0 radical (unpaired) electrons. The van der Waals surface area contributed by atoms with E-state index in [9.17, 15) is 4.79 Å². The van der Waals surface area contributed by atoms with Gasteiger partial charge in [0.2, 0.25) is 0 Å². The first-order valence-corrected chi connectivity index (χ1v) is 10.7. The fourth-order valence-corrected chi connectivity index (χ4v) is 4.16. The third kappa shape index (κ3) is 5.27. The lowest BCUT2D eigenvalue weighted by atomic mass is 9.96. The molecule has 6 nitrogen and oxygen atoms in total. The zero-order chi connectivity index (χ0) is 21.7. The van der Waals surface area contributed by atoms with Gasteiger partial charge in [-0.1, -0.05) is 0 Å². The van der Waals surface area contributed by atoms with Crippen molar-refractivity contribution >= 4 is 56.5 Å². The molecule has 2 aromatic rings. The van der Waals surface area contributed by atoms with Crippen molar-refractivity contribution in [1.29, 1.82) is 0 Å². The quantitative estimate of drug-likeness (QED) is 0.241. The molecule has 0 aliphatic heterocycles. The Morgan fingerprint density at radius 3 is 1.55 bits per heavy atom. The molecule has 29 heavy (non-hydrogen) atoms. The van der Waals surface area contributed by atoms with Crippen molar-refractivity contribution in [1.82, 2.24) is 4.90 Å². The zero-order valence-electron chi connectivity index (χ0n) is 17.1. The maximum Gasteiger partial charge on any atom is 0.196 e. The summed E-state index contributed by atoms with van der Waals surface area (Å²) in [4.78, 5) is 15.4. The largest absolute Gasteiger partial charge is 0.493 e. The number of hydrogen-bond acceptors (Lipinski definition) is 6. The summed E-state index contributed by atoms with van der Waals surface area (Å²) in [6.07, 6.45) is 1.80. The van der Waals surface area contributed by atoms with Gasteiger partial charge in [0.05, 0.1) is 28.4 Å². The van der Waals surface area contributed by atoms with Gasteiger partial charge in [0, 0.05) is 44.1 Å². The van der Waals surface area contributed by atoms with E-state index in [0.29, 0.717) is 34.1 Å². The van der Waals surface area contributed by atoms with Crippen LogP contribution in [0.25, 0.3) is 5.57 Å². The van der Waals surface area contributed by atoms with E-state index in [4.69, 9.17) is 18.9 Å². The van der Waals surface area contributed by atoms with Crippen LogP contribution in [0, 0.1) is 7.14 Å². The molecular formula is C21H23I2NO5. The highest BCUT2D eigenvalue weighted by molar-refractivity contribution is 14.1. The van der Waals surface area contributed by atoms with Gasteiger partial charge >= 0.3 is 0 Å². The molecular weight excluding hydrogens is 600 g/mol. The van der Waals surface area contributed by atoms with Crippen LogP contribution in [0.1, 0.15) is 15.9 Å². The van der Waals surface area contributed by atoms with Gasteiger partial charge in [-0.05, 0) is 69.4 Å². The summed E-state index contributed by atoms with van der Waals surface area (Å²) < 4.78 is 23.2. The summed E-state index contributed by atoms with van der Waals surface area (Å²) in [6, 6.07) is 7.17. The monoisotopic (exact) mass is 623 g/mol. The van der Waals surface area contributed by atoms with E-state index < -0.39 is 0 Å². The van der Waals surface area contributed by atoms with Crippen LogP contribution in [-0.2, 0) is 0 Å². The van der Waals surface area contributed by atoms with E-state index in [2.05, 4.69) is 45.2 Å². The first-order chi connectivity index (χ1) is 13.8. The average molecular weight is 623 g/mol. The van der Waals surface area contributed by atoms with Gasteiger partial charge in [0.25, 0.3) is 0 Å². The Bertz CT molecular complexity index is 941. The van der Waals surface area contributed by atoms with Crippen LogP contribution in [-0.4, -0.2) is 53.2 Å². The molecule has 0 aromatic heterocycles. The van der Waals surface area contributed by atoms with Crippen molar-refractivity contribution in [3.63, 3.8) is 0 Å². The Hall–Kier alpha value is -1.69. The van der Waals surface area contributed by atoms with Gasteiger partial charge < -0.3 is 23.8 Å². The van der Waals surface area contributed by atoms with Crippen LogP contribution < -0.4 is 18.9 Å². The summed E-state index contributed by atoms with van der Waals surface area (Å²) in [6.45, 7) is 0. The molecule has 2 rings (SSSR count). The van der Waals surface area contributed by atoms with Gasteiger partial charge in [-0.25, -0.2) is 0 Å². The number of Topliss-reactive ketones (excluding diaryl/α,β-unsaturated/α-hetero) is 1. The molecule has 0 atom stereocenters. The van der Waals surface area contributed by atoms with Crippen LogP contribution in [0.2, 0.25) is 0 Å². The molecule has 0 bridgehead atoms. The number of nitrogens with zero attached hydrogens (tertiary/aromatic N) is 1. The minimum Gasteiger partial charge on any atom is -0.493 e. The smallest absolute Gasteiger partial charge is 0.196 e. The van der Waals surface area contributed by atoms with Crippen LogP contribution in [0.3, 0.4) is 0 Å². The fraction of sp³-hybridized carbons (Fsp3) is 0.286. The highest BCUT2D eigenvalue weighted by Crippen LogP contribution is 2.38. The summed E-state index contributed by atoms with van der Waals surface area (Å²) >= 11 is 4.33. The fourth-order valence-electron chi connectivity index (χ4n) is 2.74. The second-order valence-electron chi connectivity index (χ2n) is 6.21. The van der Waals surface area contributed by atoms with Crippen LogP contribution in [0.5, 0.6) is 23.0 Å². The Labute approximate surface area is 198 Å². The molecule has 0 saturated carbocycles. The van der Waals surface area contributed by atoms with Crippen molar-refractivity contribution in [2.45, 2.75) is 0 Å². The highest BCUT2D eigenvalue weighted by atomic mass is 127. The predicted molar refractivity (Wildman–Crippen MR) is 131 cm³/mol. The van der Waals surface area contributed by atoms with E-state index in [1.54, 1.807) is 46.8 Å². The molecule has 0 aliphatic rings. The third-order valence-corrected chi connectivity index (χ3v) is 5.90. The molecule has 0 spiro atoms. The molecule has 0 heterocycles. The number of halogens is 2. The highest BCUT2D eigenvalue weighted by Gasteiger charge is 2.23. The summed E-state index contributed by atoms with van der Waals surface area (Å²) in [5, 5.41) is 0.